The highest BCUT2D eigenvalue weighted by molar-refractivity contribution is 5.85. The number of ether oxygens (including phenoxy) is 1. The molecule has 3 aromatic rings. The van der Waals surface area contributed by atoms with Crippen molar-refractivity contribution in [2.75, 3.05) is 5.73 Å². The number of nitrogen functional groups attached to an aromatic ring is 1. The van der Waals surface area contributed by atoms with Gasteiger partial charge in [0.1, 0.15) is 11.5 Å². The summed E-state index contributed by atoms with van der Waals surface area (Å²) in [5.41, 5.74) is 9.99. The molecule has 1 aliphatic rings. The number of anilines is 1. The van der Waals surface area contributed by atoms with Crippen molar-refractivity contribution in [2.45, 2.75) is 0 Å². The molecular weight excluding hydrogens is 270 g/mol. The van der Waals surface area contributed by atoms with E-state index in [1.54, 1.807) is 0 Å². The van der Waals surface area contributed by atoms with Crippen LogP contribution in [0.5, 0.6) is 11.5 Å². The number of fused-ring (bicyclic) bond motifs is 2. The van der Waals surface area contributed by atoms with Crippen molar-refractivity contribution in [1.82, 2.24) is 0 Å². The van der Waals surface area contributed by atoms with Crippen molar-refractivity contribution in [3.05, 3.63) is 88.3 Å². The number of benzene rings is 3. The normalized spacial score (nSPS) is 12.3. The molecule has 2 heteroatoms. The molecule has 3 aromatic carbocycles. The molecule has 4 rings (SSSR count). The molecule has 0 aromatic heterocycles. The number of hydrogen-bond donors (Lipinski definition) is 1. The second-order valence-corrected chi connectivity index (χ2v) is 5.43. The molecule has 0 fully saturated rings. The van der Waals surface area contributed by atoms with Gasteiger partial charge < -0.3 is 10.5 Å². The summed E-state index contributed by atoms with van der Waals surface area (Å²) in [5.74, 6) is 1.61. The lowest BCUT2D eigenvalue weighted by atomic mass is 9.92. The predicted molar refractivity (Wildman–Crippen MR) is 90.2 cm³/mol. The van der Waals surface area contributed by atoms with Gasteiger partial charge in [0, 0.05) is 28.1 Å². The van der Waals surface area contributed by atoms with E-state index >= 15 is 0 Å². The molecule has 0 amide bonds. The van der Waals surface area contributed by atoms with Gasteiger partial charge in [0.05, 0.1) is 0 Å². The molecule has 0 radical (unpaired) electrons. The van der Waals surface area contributed by atoms with Crippen molar-refractivity contribution in [2.24, 2.45) is 0 Å². The molecule has 0 atom stereocenters. The Morgan fingerprint density at radius 3 is 2.45 bits per heavy atom. The van der Waals surface area contributed by atoms with Crippen LogP contribution in [0.25, 0.3) is 12.2 Å². The molecule has 1 aliphatic heterocycles. The smallest absolute Gasteiger partial charge is 0.137 e. The summed E-state index contributed by atoms with van der Waals surface area (Å²) in [6.45, 7) is 3.99. The van der Waals surface area contributed by atoms with Crippen LogP contribution in [0.4, 0.5) is 5.69 Å². The van der Waals surface area contributed by atoms with E-state index in [1.165, 1.54) is 0 Å². The molecule has 2 N–H and O–H groups in total. The van der Waals surface area contributed by atoms with Gasteiger partial charge in [-0.2, -0.15) is 0 Å². The van der Waals surface area contributed by atoms with Gasteiger partial charge in [-0.1, -0.05) is 49.0 Å². The van der Waals surface area contributed by atoms with Crippen LogP contribution >= 0.6 is 0 Å². The third kappa shape index (κ3) is 1.97. The predicted octanol–water partition coefficient (Wildman–Crippen LogP) is 3.03. The Kier molecular flexibility index (Phi) is 2.76. The van der Waals surface area contributed by atoms with Crippen molar-refractivity contribution in [1.29, 1.82) is 0 Å². The lowest BCUT2D eigenvalue weighted by Gasteiger charge is -2.21. The SMILES string of the molecule is C=c1ccc2c(c1)Oc1cc(N)ccc1C=2c1ccccc1. The highest BCUT2D eigenvalue weighted by atomic mass is 16.5. The molecule has 0 saturated heterocycles. The van der Waals surface area contributed by atoms with Gasteiger partial charge in [0.25, 0.3) is 0 Å². The first kappa shape index (κ1) is 12.7. The van der Waals surface area contributed by atoms with Crippen LogP contribution in [0.1, 0.15) is 11.1 Å². The van der Waals surface area contributed by atoms with Gasteiger partial charge in [0.2, 0.25) is 0 Å². The molecule has 0 unspecified atom stereocenters. The van der Waals surface area contributed by atoms with Crippen LogP contribution in [0.2, 0.25) is 0 Å². The molecule has 106 valence electrons. The lowest BCUT2D eigenvalue weighted by molar-refractivity contribution is 0.472. The molecule has 0 saturated carbocycles. The maximum atomic E-state index is 6.05. The van der Waals surface area contributed by atoms with Crippen LogP contribution in [-0.2, 0) is 0 Å². The quantitative estimate of drug-likeness (QED) is 0.546. The molecular formula is C20H15NO. The Balaban J connectivity index is 2.14. The maximum absolute atomic E-state index is 6.05. The van der Waals surface area contributed by atoms with E-state index in [0.717, 1.165) is 38.6 Å². The van der Waals surface area contributed by atoms with Crippen LogP contribution in [-0.4, -0.2) is 0 Å². The first-order valence-corrected chi connectivity index (χ1v) is 7.19. The monoisotopic (exact) mass is 285 g/mol. The van der Waals surface area contributed by atoms with E-state index in [2.05, 4.69) is 24.8 Å². The number of nitrogens with two attached hydrogens (primary N) is 1. The second-order valence-electron chi connectivity index (χ2n) is 5.43. The van der Waals surface area contributed by atoms with Gasteiger partial charge in [-0.3, -0.25) is 0 Å². The summed E-state index contributed by atoms with van der Waals surface area (Å²) in [5, 5.41) is 2.01. The lowest BCUT2D eigenvalue weighted by Crippen LogP contribution is -2.19. The Hall–Kier alpha value is -3.00. The van der Waals surface area contributed by atoms with Gasteiger partial charge >= 0.3 is 0 Å². The van der Waals surface area contributed by atoms with Gasteiger partial charge in [-0.05, 0) is 29.0 Å². The van der Waals surface area contributed by atoms with E-state index in [-0.39, 0.29) is 0 Å². The van der Waals surface area contributed by atoms with Crippen LogP contribution in [0.3, 0.4) is 0 Å². The average Bonchev–Trinajstić information content (AvgIpc) is 2.53. The van der Waals surface area contributed by atoms with Crippen LogP contribution in [0.15, 0.2) is 66.7 Å². The Morgan fingerprint density at radius 2 is 1.64 bits per heavy atom. The fourth-order valence-electron chi connectivity index (χ4n) is 2.87. The van der Waals surface area contributed by atoms with Crippen molar-refractivity contribution in [3.63, 3.8) is 0 Å². The first-order valence-electron chi connectivity index (χ1n) is 7.19. The Labute approximate surface area is 128 Å². The van der Waals surface area contributed by atoms with Crippen LogP contribution in [0, 0.1) is 0 Å². The maximum Gasteiger partial charge on any atom is 0.137 e. The van der Waals surface area contributed by atoms with Gasteiger partial charge in [0.15, 0.2) is 0 Å². The van der Waals surface area contributed by atoms with Crippen molar-refractivity contribution in [3.8, 4) is 11.5 Å². The highest BCUT2D eigenvalue weighted by Gasteiger charge is 2.19. The summed E-state index contributed by atoms with van der Waals surface area (Å²) in [6.07, 6.45) is 0. The zero-order valence-corrected chi connectivity index (χ0v) is 12.0. The zero-order valence-electron chi connectivity index (χ0n) is 12.0. The fourth-order valence-corrected chi connectivity index (χ4v) is 2.87. The molecule has 0 spiro atoms. The fraction of sp³-hybridized carbons (Fsp3) is 0. The first-order chi connectivity index (χ1) is 10.7. The van der Waals surface area contributed by atoms with E-state index in [1.807, 2.05) is 48.5 Å². The third-order valence-electron chi connectivity index (χ3n) is 3.87. The summed E-state index contributed by atoms with van der Waals surface area (Å²) >= 11 is 0. The number of rotatable bonds is 1. The summed E-state index contributed by atoms with van der Waals surface area (Å²) in [4.78, 5) is 0. The standard InChI is InChI=1S/C20H15NO/c1-13-7-9-16-18(11-13)22-19-12-15(21)8-10-17(19)20(16)14-5-3-2-4-6-14/h2-12H,1,21H2. The largest absolute Gasteiger partial charge is 0.456 e. The molecule has 0 bridgehead atoms. The molecule has 0 aliphatic carbocycles. The molecule has 2 nitrogen and oxygen atoms in total. The van der Waals surface area contributed by atoms with E-state index in [9.17, 15) is 0 Å². The second kappa shape index (κ2) is 4.78. The highest BCUT2D eigenvalue weighted by Crippen LogP contribution is 2.36. The minimum atomic E-state index is 0.695. The molecule has 1 heterocycles. The van der Waals surface area contributed by atoms with E-state index in [4.69, 9.17) is 10.5 Å². The third-order valence-corrected chi connectivity index (χ3v) is 3.87. The van der Waals surface area contributed by atoms with Crippen molar-refractivity contribution < 1.29 is 4.74 Å². The minimum Gasteiger partial charge on any atom is -0.456 e. The summed E-state index contributed by atoms with van der Waals surface area (Å²) < 4.78 is 6.05. The van der Waals surface area contributed by atoms with Crippen LogP contribution < -0.4 is 20.9 Å². The van der Waals surface area contributed by atoms with Crippen molar-refractivity contribution >= 4 is 17.8 Å². The Bertz CT molecular complexity index is 974. The zero-order chi connectivity index (χ0) is 15.1. The topological polar surface area (TPSA) is 35.2 Å². The minimum absolute atomic E-state index is 0.695. The Morgan fingerprint density at radius 1 is 0.818 bits per heavy atom. The number of hydrogen-bond acceptors (Lipinski definition) is 2. The van der Waals surface area contributed by atoms with Gasteiger partial charge in [-0.25, -0.2) is 0 Å². The van der Waals surface area contributed by atoms with E-state index in [0.29, 0.717) is 5.69 Å². The summed E-state index contributed by atoms with van der Waals surface area (Å²) in [7, 11) is 0. The average molecular weight is 285 g/mol. The van der Waals surface area contributed by atoms with Gasteiger partial charge in [-0.15, -0.1) is 0 Å². The molecule has 22 heavy (non-hydrogen) atoms. The van der Waals surface area contributed by atoms with E-state index < -0.39 is 0 Å². The summed E-state index contributed by atoms with van der Waals surface area (Å²) in [6, 6.07) is 22.2.